The number of carbonyl (C=O) groups is 2. The maximum Gasteiger partial charge on any atom is 0.325 e. The highest BCUT2D eigenvalue weighted by Gasteiger charge is 2.58. The molecule has 0 spiro atoms. The van der Waals surface area contributed by atoms with E-state index in [2.05, 4.69) is 18.6 Å². The van der Waals surface area contributed by atoms with E-state index in [4.69, 9.17) is 5.11 Å². The summed E-state index contributed by atoms with van der Waals surface area (Å²) in [6.45, 7) is 4.56. The molecule has 0 aliphatic heterocycles. The average Bonchev–Trinajstić information content (AvgIpc) is 3.04. The summed E-state index contributed by atoms with van der Waals surface area (Å²) in [6, 6.07) is -0.537. The first-order valence-corrected chi connectivity index (χ1v) is 11.9. The van der Waals surface area contributed by atoms with Crippen molar-refractivity contribution in [2.45, 2.75) is 77.4 Å². The molecular formula is C25H41NO5. The van der Waals surface area contributed by atoms with Crippen LogP contribution < -0.4 is 0 Å². The maximum atomic E-state index is 11.8. The maximum absolute atomic E-state index is 11.8. The van der Waals surface area contributed by atoms with Crippen molar-refractivity contribution in [2.24, 2.45) is 28.6 Å². The van der Waals surface area contributed by atoms with E-state index in [-0.39, 0.29) is 23.5 Å². The number of aliphatic hydroxyl groups excluding tert-OH is 2. The minimum atomic E-state index is -0.537. The third-order valence-electron chi connectivity index (χ3n) is 9.18. The van der Waals surface area contributed by atoms with Gasteiger partial charge in [0.15, 0.2) is 5.78 Å². The van der Waals surface area contributed by atoms with Crippen LogP contribution in [0.4, 0.5) is 0 Å². The number of fused-ring (bicyclic) bond motifs is 5. The molecule has 7 atom stereocenters. The monoisotopic (exact) mass is 435 g/mol. The number of nitrogens with zero attached hydrogens (tertiary/aromatic N) is 1. The zero-order valence-electron chi connectivity index (χ0n) is 19.9. The third kappa shape index (κ3) is 4.36. The summed E-state index contributed by atoms with van der Waals surface area (Å²) in [5, 5.41) is 19.1. The van der Waals surface area contributed by atoms with E-state index in [1.165, 1.54) is 38.4 Å². The zero-order valence-corrected chi connectivity index (χ0v) is 19.9. The van der Waals surface area contributed by atoms with Crippen molar-refractivity contribution in [2.75, 3.05) is 27.8 Å². The smallest absolute Gasteiger partial charge is 0.325 e. The predicted molar refractivity (Wildman–Crippen MR) is 119 cm³/mol. The van der Waals surface area contributed by atoms with E-state index >= 15 is 0 Å². The fourth-order valence-electron chi connectivity index (χ4n) is 7.12. The van der Waals surface area contributed by atoms with Gasteiger partial charge in [-0.05, 0) is 93.7 Å². The lowest BCUT2D eigenvalue weighted by Gasteiger charge is -2.57. The molecule has 3 fully saturated rings. The molecule has 4 rings (SSSR count). The number of esters is 1. The molecule has 2 N–H and O–H groups in total. The Morgan fingerprint density at radius 2 is 1.87 bits per heavy atom. The van der Waals surface area contributed by atoms with E-state index in [0.29, 0.717) is 11.7 Å². The highest BCUT2D eigenvalue weighted by molar-refractivity contribution is 5.91. The Balaban J connectivity index is 0.000000233. The van der Waals surface area contributed by atoms with Crippen molar-refractivity contribution in [1.29, 1.82) is 0 Å². The Hall–Kier alpha value is -1.24. The molecule has 0 aromatic rings. The van der Waals surface area contributed by atoms with Gasteiger partial charge in [0.1, 0.15) is 6.04 Å². The van der Waals surface area contributed by atoms with Crippen LogP contribution in [0.5, 0.6) is 0 Å². The van der Waals surface area contributed by atoms with Crippen molar-refractivity contribution < 1.29 is 24.5 Å². The molecule has 3 saturated carbocycles. The van der Waals surface area contributed by atoms with E-state index in [0.717, 1.165) is 37.5 Å². The van der Waals surface area contributed by atoms with Crippen LogP contribution in [-0.4, -0.2) is 66.8 Å². The molecule has 0 amide bonds. The van der Waals surface area contributed by atoms with Gasteiger partial charge >= 0.3 is 5.97 Å². The molecule has 0 heterocycles. The number of rotatable bonds is 3. The Morgan fingerprint density at radius 3 is 2.45 bits per heavy atom. The summed E-state index contributed by atoms with van der Waals surface area (Å²) < 4.78 is 4.42. The van der Waals surface area contributed by atoms with Crippen molar-refractivity contribution in [1.82, 2.24) is 4.90 Å². The third-order valence-corrected chi connectivity index (χ3v) is 9.18. The van der Waals surface area contributed by atoms with Gasteiger partial charge in [0.2, 0.25) is 0 Å². The predicted octanol–water partition coefficient (Wildman–Crippen LogP) is 2.96. The zero-order chi connectivity index (χ0) is 23.0. The van der Waals surface area contributed by atoms with Gasteiger partial charge in [-0.3, -0.25) is 14.5 Å². The van der Waals surface area contributed by atoms with Gasteiger partial charge in [-0.2, -0.15) is 0 Å². The van der Waals surface area contributed by atoms with Crippen LogP contribution >= 0.6 is 0 Å². The molecule has 4 aliphatic rings. The molecule has 4 aliphatic carbocycles. The lowest BCUT2D eigenvalue weighted by molar-refractivity contribution is -0.147. The highest BCUT2D eigenvalue weighted by atomic mass is 16.5. The highest BCUT2D eigenvalue weighted by Crippen LogP contribution is 2.65. The lowest BCUT2D eigenvalue weighted by atomic mass is 9.47. The van der Waals surface area contributed by atoms with Crippen LogP contribution in [0.25, 0.3) is 0 Å². The number of carbonyl (C=O) groups excluding carboxylic acids is 2. The SMILES string of the molecule is COC(=O)C(CO)N(C)C.C[C@]12CC[C@H]3[C@@H](CCC4=CC(=O)CC[C@@]43C)[C@@H]1CC[C@@H]2O. The summed E-state index contributed by atoms with van der Waals surface area (Å²) in [4.78, 5) is 24.2. The topological polar surface area (TPSA) is 87.1 Å². The fourth-order valence-corrected chi connectivity index (χ4v) is 7.12. The molecule has 1 unspecified atom stereocenters. The molecular weight excluding hydrogens is 394 g/mol. The van der Waals surface area contributed by atoms with E-state index in [1.54, 1.807) is 19.0 Å². The van der Waals surface area contributed by atoms with Gasteiger partial charge in [-0.15, -0.1) is 0 Å². The van der Waals surface area contributed by atoms with Crippen LogP contribution in [0.2, 0.25) is 0 Å². The Morgan fingerprint density at radius 1 is 1.16 bits per heavy atom. The normalized spacial score (nSPS) is 40.0. The summed E-state index contributed by atoms with van der Waals surface area (Å²) in [5.74, 6) is 2.16. The number of methoxy groups -OCH3 is 1. The number of ether oxygens (including phenoxy) is 1. The molecule has 0 radical (unpaired) electrons. The first kappa shape index (κ1) is 24.4. The molecule has 6 heteroatoms. The summed E-state index contributed by atoms with van der Waals surface area (Å²) in [7, 11) is 4.71. The summed E-state index contributed by atoms with van der Waals surface area (Å²) in [5.41, 5.74) is 1.89. The van der Waals surface area contributed by atoms with Crippen molar-refractivity contribution in [3.05, 3.63) is 11.6 Å². The number of ketones is 1. The van der Waals surface area contributed by atoms with Crippen LogP contribution in [-0.2, 0) is 14.3 Å². The Labute approximate surface area is 187 Å². The summed E-state index contributed by atoms with van der Waals surface area (Å²) in [6.07, 6.45) is 10.7. The van der Waals surface area contributed by atoms with Crippen LogP contribution in [0.15, 0.2) is 11.6 Å². The van der Waals surface area contributed by atoms with Gasteiger partial charge in [-0.25, -0.2) is 0 Å². The second kappa shape index (κ2) is 9.32. The number of hydrogen-bond acceptors (Lipinski definition) is 6. The van der Waals surface area contributed by atoms with Gasteiger partial charge in [0.25, 0.3) is 0 Å². The second-order valence-corrected chi connectivity index (χ2v) is 10.8. The largest absolute Gasteiger partial charge is 0.468 e. The van der Waals surface area contributed by atoms with Crippen molar-refractivity contribution in [3.8, 4) is 0 Å². The van der Waals surface area contributed by atoms with Crippen LogP contribution in [0, 0.1) is 28.6 Å². The van der Waals surface area contributed by atoms with Crippen LogP contribution in [0.3, 0.4) is 0 Å². The second-order valence-electron chi connectivity index (χ2n) is 10.8. The minimum Gasteiger partial charge on any atom is -0.468 e. The van der Waals surface area contributed by atoms with Crippen molar-refractivity contribution in [3.63, 3.8) is 0 Å². The van der Waals surface area contributed by atoms with Gasteiger partial charge in [0.05, 0.1) is 19.8 Å². The molecule has 6 nitrogen and oxygen atoms in total. The van der Waals surface area contributed by atoms with E-state index < -0.39 is 12.0 Å². The van der Waals surface area contributed by atoms with Crippen molar-refractivity contribution >= 4 is 11.8 Å². The van der Waals surface area contributed by atoms with E-state index in [1.807, 2.05) is 6.08 Å². The van der Waals surface area contributed by atoms with E-state index in [9.17, 15) is 14.7 Å². The molecule has 31 heavy (non-hydrogen) atoms. The average molecular weight is 436 g/mol. The number of likely N-dealkylation sites (N-methyl/N-ethyl adjacent to an activating group) is 1. The van der Waals surface area contributed by atoms with Gasteiger partial charge in [0, 0.05) is 6.42 Å². The number of aliphatic hydroxyl groups is 2. The Bertz CT molecular complexity index is 719. The first-order valence-electron chi connectivity index (χ1n) is 11.9. The minimum absolute atomic E-state index is 0.0823. The lowest BCUT2D eigenvalue weighted by Crippen LogP contribution is -2.51. The van der Waals surface area contributed by atoms with Crippen LogP contribution in [0.1, 0.15) is 65.2 Å². The molecule has 176 valence electrons. The van der Waals surface area contributed by atoms with Gasteiger partial charge in [-0.1, -0.05) is 19.4 Å². The standard InChI is InChI=1S/C19H28O2.C6H13NO3/c1-18-9-7-13(20)11-12(18)3-4-14-15-5-6-17(21)19(15,2)10-8-16(14)18;1-7(2)5(4-8)6(9)10-3/h11,14-17,21H,3-10H2,1-2H3;5,8H,4H2,1-3H3/t14-,15-,16-,17-,18-,19-;/m0./s1. The molecule has 0 aromatic carbocycles. The molecule has 0 bridgehead atoms. The first-order chi connectivity index (χ1) is 14.6. The van der Waals surface area contributed by atoms with Gasteiger partial charge < -0.3 is 14.9 Å². The quantitative estimate of drug-likeness (QED) is 0.663. The Kier molecular flexibility index (Phi) is 7.34. The summed E-state index contributed by atoms with van der Waals surface area (Å²) >= 11 is 0. The number of hydrogen-bond donors (Lipinski definition) is 2. The molecule has 0 aromatic heterocycles. The fraction of sp³-hybridized carbons (Fsp3) is 0.840. The number of allylic oxidation sites excluding steroid dienone is 1. The molecule has 0 saturated heterocycles.